The SMILES string of the molecule is COc1ccc(C2/C(=C(\O)c3ccc(OC)c(Br)c3)C(=O)C(=O)N2c2ccc(C)c(C)c2)cc1. The lowest BCUT2D eigenvalue weighted by Crippen LogP contribution is -2.29. The van der Waals surface area contributed by atoms with Gasteiger partial charge >= 0.3 is 0 Å². The van der Waals surface area contributed by atoms with Gasteiger partial charge in [0.1, 0.15) is 17.3 Å². The monoisotopic (exact) mass is 521 g/mol. The molecule has 1 aliphatic rings. The minimum Gasteiger partial charge on any atom is -0.507 e. The Morgan fingerprint density at radius 2 is 1.62 bits per heavy atom. The number of hydrogen-bond donors (Lipinski definition) is 1. The normalized spacial score (nSPS) is 17.2. The zero-order valence-corrected chi connectivity index (χ0v) is 20.8. The van der Waals surface area contributed by atoms with Crippen LogP contribution in [0, 0.1) is 13.8 Å². The van der Waals surface area contributed by atoms with E-state index in [1.165, 1.54) is 4.90 Å². The lowest BCUT2D eigenvalue weighted by Gasteiger charge is -2.26. The minimum absolute atomic E-state index is 0.0189. The van der Waals surface area contributed by atoms with Crippen molar-refractivity contribution < 1.29 is 24.2 Å². The maximum Gasteiger partial charge on any atom is 0.300 e. The number of hydrogen-bond acceptors (Lipinski definition) is 5. The van der Waals surface area contributed by atoms with Crippen LogP contribution in [0.5, 0.6) is 11.5 Å². The molecule has 0 aliphatic carbocycles. The molecule has 1 amide bonds. The highest BCUT2D eigenvalue weighted by Gasteiger charge is 2.47. The highest BCUT2D eigenvalue weighted by Crippen LogP contribution is 2.43. The van der Waals surface area contributed by atoms with Crippen LogP contribution in [0.15, 0.2) is 70.7 Å². The Kier molecular flexibility index (Phi) is 6.48. The summed E-state index contributed by atoms with van der Waals surface area (Å²) in [6, 6.07) is 16.9. The van der Waals surface area contributed by atoms with Gasteiger partial charge in [0.05, 0.1) is 30.3 Å². The molecule has 4 rings (SSSR count). The van der Waals surface area contributed by atoms with Gasteiger partial charge in [-0.2, -0.15) is 0 Å². The first-order valence-corrected chi connectivity index (χ1v) is 11.4. The molecule has 3 aromatic rings. The molecule has 174 valence electrons. The summed E-state index contributed by atoms with van der Waals surface area (Å²) in [6.07, 6.45) is 0. The number of methoxy groups -OCH3 is 2. The second-order valence-electron chi connectivity index (χ2n) is 8.06. The maximum absolute atomic E-state index is 13.3. The summed E-state index contributed by atoms with van der Waals surface area (Å²) in [6.45, 7) is 3.93. The van der Waals surface area contributed by atoms with Crippen LogP contribution >= 0.6 is 15.9 Å². The summed E-state index contributed by atoms with van der Waals surface area (Å²) in [4.78, 5) is 28.0. The molecular formula is C27H24BrNO5. The second-order valence-corrected chi connectivity index (χ2v) is 8.91. The molecule has 0 spiro atoms. The van der Waals surface area contributed by atoms with Crippen molar-refractivity contribution in [3.05, 3.63) is 93.0 Å². The number of carbonyl (C=O) groups is 2. The molecule has 0 radical (unpaired) electrons. The van der Waals surface area contributed by atoms with Crippen LogP contribution in [0.2, 0.25) is 0 Å². The number of halogens is 1. The highest BCUT2D eigenvalue weighted by atomic mass is 79.9. The average Bonchev–Trinajstić information content (AvgIpc) is 3.10. The van der Waals surface area contributed by atoms with E-state index in [9.17, 15) is 14.7 Å². The number of aliphatic hydroxyl groups is 1. The number of amides is 1. The van der Waals surface area contributed by atoms with Gasteiger partial charge in [-0.15, -0.1) is 0 Å². The zero-order valence-electron chi connectivity index (χ0n) is 19.3. The molecular weight excluding hydrogens is 498 g/mol. The van der Waals surface area contributed by atoms with E-state index in [2.05, 4.69) is 15.9 Å². The fourth-order valence-corrected chi connectivity index (χ4v) is 4.59. The summed E-state index contributed by atoms with van der Waals surface area (Å²) in [7, 11) is 3.11. The lowest BCUT2D eigenvalue weighted by atomic mass is 9.95. The van der Waals surface area contributed by atoms with Gasteiger partial charge in [0, 0.05) is 11.3 Å². The third-order valence-electron chi connectivity index (χ3n) is 6.07. The summed E-state index contributed by atoms with van der Waals surface area (Å²) >= 11 is 3.42. The van der Waals surface area contributed by atoms with Gasteiger partial charge in [0.2, 0.25) is 0 Å². The molecule has 1 heterocycles. The van der Waals surface area contributed by atoms with Crippen molar-refractivity contribution in [3.8, 4) is 11.5 Å². The molecule has 0 bridgehead atoms. The highest BCUT2D eigenvalue weighted by molar-refractivity contribution is 9.10. The van der Waals surface area contributed by atoms with Crippen LogP contribution in [0.4, 0.5) is 5.69 Å². The summed E-state index contributed by atoms with van der Waals surface area (Å²) in [5, 5.41) is 11.3. The number of anilines is 1. The minimum atomic E-state index is -0.811. The van der Waals surface area contributed by atoms with Crippen molar-refractivity contribution in [2.24, 2.45) is 0 Å². The molecule has 1 saturated heterocycles. The molecule has 3 aromatic carbocycles. The number of carbonyl (C=O) groups excluding carboxylic acids is 2. The van der Waals surface area contributed by atoms with Crippen molar-refractivity contribution in [1.29, 1.82) is 0 Å². The van der Waals surface area contributed by atoms with Gasteiger partial charge in [0.25, 0.3) is 11.7 Å². The van der Waals surface area contributed by atoms with Crippen LogP contribution in [-0.4, -0.2) is 31.0 Å². The Morgan fingerprint density at radius 3 is 2.21 bits per heavy atom. The van der Waals surface area contributed by atoms with E-state index in [4.69, 9.17) is 9.47 Å². The van der Waals surface area contributed by atoms with E-state index in [0.29, 0.717) is 32.8 Å². The van der Waals surface area contributed by atoms with Crippen molar-refractivity contribution in [2.75, 3.05) is 19.1 Å². The number of benzene rings is 3. The summed E-state index contributed by atoms with van der Waals surface area (Å²) in [5.74, 6) is -0.472. The first-order valence-electron chi connectivity index (χ1n) is 10.6. The fourth-order valence-electron chi connectivity index (χ4n) is 4.05. The van der Waals surface area contributed by atoms with Crippen molar-refractivity contribution in [1.82, 2.24) is 0 Å². The third kappa shape index (κ3) is 4.07. The molecule has 7 heteroatoms. The predicted molar refractivity (Wildman–Crippen MR) is 134 cm³/mol. The Hall–Kier alpha value is -3.58. The summed E-state index contributed by atoms with van der Waals surface area (Å²) in [5.41, 5.74) is 3.74. The Morgan fingerprint density at radius 1 is 0.912 bits per heavy atom. The number of ether oxygens (including phenoxy) is 2. The summed E-state index contributed by atoms with van der Waals surface area (Å²) < 4.78 is 11.1. The van der Waals surface area contributed by atoms with Gasteiger partial charge in [-0.1, -0.05) is 18.2 Å². The number of aliphatic hydroxyl groups excluding tert-OH is 1. The number of nitrogens with zero attached hydrogens (tertiary/aromatic N) is 1. The van der Waals surface area contributed by atoms with Crippen molar-refractivity contribution in [3.63, 3.8) is 0 Å². The first kappa shape index (κ1) is 23.6. The largest absolute Gasteiger partial charge is 0.507 e. The van der Waals surface area contributed by atoms with E-state index >= 15 is 0 Å². The molecule has 1 N–H and O–H groups in total. The smallest absolute Gasteiger partial charge is 0.300 e. The Bertz CT molecular complexity index is 1310. The molecule has 1 atom stereocenters. The molecule has 1 unspecified atom stereocenters. The number of ketones is 1. The van der Waals surface area contributed by atoms with Crippen LogP contribution in [0.1, 0.15) is 28.3 Å². The van der Waals surface area contributed by atoms with Crippen LogP contribution in [-0.2, 0) is 9.59 Å². The first-order chi connectivity index (χ1) is 16.3. The van der Waals surface area contributed by atoms with Crippen LogP contribution in [0.3, 0.4) is 0 Å². The third-order valence-corrected chi connectivity index (χ3v) is 6.69. The van der Waals surface area contributed by atoms with E-state index in [1.807, 2.05) is 32.0 Å². The lowest BCUT2D eigenvalue weighted by molar-refractivity contribution is -0.132. The fraction of sp³-hybridized carbons (Fsp3) is 0.185. The molecule has 34 heavy (non-hydrogen) atoms. The standard InChI is InChI=1S/C27H24BrNO5/c1-15-5-9-19(13-16(15)2)29-24(17-6-10-20(33-3)11-7-17)23(26(31)27(29)32)25(30)18-8-12-22(34-4)21(28)14-18/h5-14,24,30H,1-4H3/b25-23+. The number of rotatable bonds is 5. The van der Waals surface area contributed by atoms with Gasteiger partial charge in [-0.3, -0.25) is 14.5 Å². The van der Waals surface area contributed by atoms with Gasteiger partial charge in [-0.25, -0.2) is 0 Å². The van der Waals surface area contributed by atoms with Gasteiger partial charge in [-0.05, 0) is 88.9 Å². The average molecular weight is 522 g/mol. The predicted octanol–water partition coefficient (Wildman–Crippen LogP) is 5.71. The molecule has 0 saturated carbocycles. The van der Waals surface area contributed by atoms with Gasteiger partial charge < -0.3 is 14.6 Å². The quantitative estimate of drug-likeness (QED) is 0.264. The zero-order chi connectivity index (χ0) is 24.6. The van der Waals surface area contributed by atoms with Crippen molar-refractivity contribution in [2.45, 2.75) is 19.9 Å². The second kappa shape index (κ2) is 9.35. The van der Waals surface area contributed by atoms with E-state index in [0.717, 1.165) is 11.1 Å². The maximum atomic E-state index is 13.3. The topological polar surface area (TPSA) is 76.1 Å². The van der Waals surface area contributed by atoms with E-state index < -0.39 is 17.7 Å². The van der Waals surface area contributed by atoms with E-state index in [1.54, 1.807) is 56.7 Å². The Labute approximate surface area is 206 Å². The van der Waals surface area contributed by atoms with Crippen LogP contribution < -0.4 is 14.4 Å². The molecule has 6 nitrogen and oxygen atoms in total. The van der Waals surface area contributed by atoms with Crippen LogP contribution in [0.25, 0.3) is 5.76 Å². The van der Waals surface area contributed by atoms with Crippen molar-refractivity contribution >= 4 is 39.1 Å². The number of aryl methyl sites for hydroxylation is 2. The van der Waals surface area contributed by atoms with Gasteiger partial charge in [0.15, 0.2) is 0 Å². The molecule has 0 aromatic heterocycles. The Balaban J connectivity index is 1.94. The molecule has 1 aliphatic heterocycles. The number of Topliss-reactive ketones (excluding diaryl/α,β-unsaturated/α-hetero) is 1. The molecule has 1 fully saturated rings. The van der Waals surface area contributed by atoms with E-state index in [-0.39, 0.29) is 11.3 Å².